The molecule has 1 aromatic rings. The van der Waals surface area contributed by atoms with Crippen molar-refractivity contribution < 1.29 is 8.78 Å². The molecule has 0 atom stereocenters. The number of halogens is 3. The number of alkyl halides is 2. The summed E-state index contributed by atoms with van der Waals surface area (Å²) in [5.74, 6) is 0. The third-order valence-corrected chi connectivity index (χ3v) is 3.78. The van der Waals surface area contributed by atoms with Gasteiger partial charge >= 0.3 is 0 Å². The van der Waals surface area contributed by atoms with Crippen molar-refractivity contribution in [2.75, 3.05) is 0 Å². The second-order valence-corrected chi connectivity index (χ2v) is 5.31. The molecular weight excluding hydrogens is 276 g/mol. The van der Waals surface area contributed by atoms with Gasteiger partial charge in [0.1, 0.15) is 0 Å². The Bertz CT molecular complexity index is 387. The summed E-state index contributed by atoms with van der Waals surface area (Å²) in [5, 5.41) is 0. The molecule has 1 saturated carbocycles. The van der Waals surface area contributed by atoms with Gasteiger partial charge in [-0.2, -0.15) is 0 Å². The van der Waals surface area contributed by atoms with E-state index in [2.05, 4.69) is 15.9 Å². The van der Waals surface area contributed by atoms with E-state index in [1.165, 1.54) is 6.07 Å². The maximum Gasteiger partial charge on any atom is 0.264 e. The maximum absolute atomic E-state index is 12.9. The zero-order valence-corrected chi connectivity index (χ0v) is 10.4. The van der Waals surface area contributed by atoms with E-state index >= 15 is 0 Å². The molecule has 2 rings (SSSR count). The first-order chi connectivity index (χ1) is 7.53. The predicted molar refractivity (Wildman–Crippen MR) is 63.4 cm³/mol. The summed E-state index contributed by atoms with van der Waals surface area (Å²) in [5.41, 5.74) is 6.36. The highest BCUT2D eigenvalue weighted by Gasteiger charge is 2.34. The van der Waals surface area contributed by atoms with E-state index in [0.717, 1.165) is 30.2 Å². The van der Waals surface area contributed by atoms with Crippen molar-refractivity contribution in [2.24, 2.45) is 5.73 Å². The van der Waals surface area contributed by atoms with Crippen molar-refractivity contribution in [2.45, 2.75) is 37.6 Å². The Morgan fingerprint density at radius 1 is 1.25 bits per heavy atom. The van der Waals surface area contributed by atoms with E-state index in [4.69, 9.17) is 5.73 Å². The quantitative estimate of drug-likeness (QED) is 0.871. The molecule has 88 valence electrons. The molecule has 1 fully saturated rings. The van der Waals surface area contributed by atoms with Gasteiger partial charge in [-0.1, -0.05) is 34.8 Å². The summed E-state index contributed by atoms with van der Waals surface area (Å²) in [6.45, 7) is 0. The summed E-state index contributed by atoms with van der Waals surface area (Å²) in [6.07, 6.45) is 1.17. The van der Waals surface area contributed by atoms with Crippen LogP contribution in [0.25, 0.3) is 0 Å². The third-order valence-electron chi connectivity index (χ3n) is 3.28. The highest BCUT2D eigenvalue weighted by atomic mass is 79.9. The summed E-state index contributed by atoms with van der Waals surface area (Å²) in [7, 11) is 0. The number of nitrogens with two attached hydrogens (primary N) is 1. The van der Waals surface area contributed by atoms with Crippen LogP contribution in [0.4, 0.5) is 8.78 Å². The standard InChI is InChI=1S/C12H14BrF2N/c13-8-3-4-9(11(14)15)10(7-8)12(16)5-1-2-6-12/h3-4,7,11H,1-2,5-6,16H2. The molecule has 0 saturated heterocycles. The van der Waals surface area contributed by atoms with Crippen LogP contribution >= 0.6 is 15.9 Å². The minimum absolute atomic E-state index is 0.0765. The van der Waals surface area contributed by atoms with Gasteiger partial charge in [-0.3, -0.25) is 0 Å². The van der Waals surface area contributed by atoms with Gasteiger partial charge in [0.15, 0.2) is 0 Å². The third kappa shape index (κ3) is 2.13. The van der Waals surface area contributed by atoms with Crippen molar-refractivity contribution >= 4 is 15.9 Å². The molecule has 0 aliphatic heterocycles. The van der Waals surface area contributed by atoms with Gasteiger partial charge in [0.05, 0.1) is 0 Å². The Morgan fingerprint density at radius 3 is 2.44 bits per heavy atom. The molecule has 0 heterocycles. The Morgan fingerprint density at radius 2 is 1.88 bits per heavy atom. The van der Waals surface area contributed by atoms with E-state index in [0.29, 0.717) is 5.56 Å². The fourth-order valence-electron chi connectivity index (χ4n) is 2.43. The molecule has 1 aliphatic rings. The highest BCUT2D eigenvalue weighted by molar-refractivity contribution is 9.10. The molecule has 1 nitrogen and oxygen atoms in total. The molecule has 0 radical (unpaired) electrons. The number of benzene rings is 1. The van der Waals surface area contributed by atoms with Gasteiger partial charge in [0.2, 0.25) is 0 Å². The Labute approximate surface area is 102 Å². The monoisotopic (exact) mass is 289 g/mol. The summed E-state index contributed by atoms with van der Waals surface area (Å²) in [6, 6.07) is 4.85. The lowest BCUT2D eigenvalue weighted by Crippen LogP contribution is -2.34. The molecule has 0 unspecified atom stereocenters. The van der Waals surface area contributed by atoms with Crippen molar-refractivity contribution in [1.82, 2.24) is 0 Å². The van der Waals surface area contributed by atoms with Crippen molar-refractivity contribution in [3.63, 3.8) is 0 Å². The van der Waals surface area contributed by atoms with Crippen LogP contribution in [0.1, 0.15) is 43.2 Å². The Balaban J connectivity index is 2.48. The molecular formula is C12H14BrF2N. The Hall–Kier alpha value is -0.480. The van der Waals surface area contributed by atoms with Gasteiger partial charge < -0.3 is 5.73 Å². The molecule has 0 spiro atoms. The van der Waals surface area contributed by atoms with Gasteiger partial charge in [-0.25, -0.2) is 8.78 Å². The van der Waals surface area contributed by atoms with Crippen LogP contribution in [0.15, 0.2) is 22.7 Å². The van der Waals surface area contributed by atoms with Gasteiger partial charge in [0.25, 0.3) is 6.43 Å². The molecule has 0 bridgehead atoms. The van der Waals surface area contributed by atoms with Crippen molar-refractivity contribution in [3.05, 3.63) is 33.8 Å². The van der Waals surface area contributed by atoms with Crippen LogP contribution in [0.2, 0.25) is 0 Å². The van der Waals surface area contributed by atoms with Crippen LogP contribution < -0.4 is 5.73 Å². The van der Waals surface area contributed by atoms with Crippen LogP contribution in [0.3, 0.4) is 0 Å². The zero-order chi connectivity index (χ0) is 11.8. The molecule has 1 aliphatic carbocycles. The zero-order valence-electron chi connectivity index (χ0n) is 8.85. The molecule has 0 aromatic heterocycles. The van der Waals surface area contributed by atoms with Crippen LogP contribution in [0.5, 0.6) is 0 Å². The van der Waals surface area contributed by atoms with Gasteiger partial charge in [0, 0.05) is 15.6 Å². The predicted octanol–water partition coefficient (Wildman–Crippen LogP) is 4.11. The Kier molecular flexibility index (Phi) is 3.31. The van der Waals surface area contributed by atoms with E-state index in [-0.39, 0.29) is 5.56 Å². The molecule has 16 heavy (non-hydrogen) atoms. The van der Waals surface area contributed by atoms with Crippen LogP contribution in [-0.4, -0.2) is 0 Å². The average molecular weight is 290 g/mol. The molecule has 2 N–H and O–H groups in total. The van der Waals surface area contributed by atoms with Crippen molar-refractivity contribution in [3.8, 4) is 0 Å². The minimum Gasteiger partial charge on any atom is -0.321 e. The number of hydrogen-bond acceptors (Lipinski definition) is 1. The lowest BCUT2D eigenvalue weighted by molar-refractivity contribution is 0.148. The SMILES string of the molecule is NC1(c2cc(Br)ccc2C(F)F)CCCC1. The summed E-state index contributed by atoms with van der Waals surface area (Å²) >= 11 is 3.32. The van der Waals surface area contributed by atoms with Gasteiger partial charge in [-0.15, -0.1) is 0 Å². The van der Waals surface area contributed by atoms with Crippen molar-refractivity contribution in [1.29, 1.82) is 0 Å². The van der Waals surface area contributed by atoms with Gasteiger partial charge in [-0.05, 0) is 30.5 Å². The lowest BCUT2D eigenvalue weighted by Gasteiger charge is -2.27. The highest BCUT2D eigenvalue weighted by Crippen LogP contribution is 2.41. The smallest absolute Gasteiger partial charge is 0.264 e. The fraction of sp³-hybridized carbons (Fsp3) is 0.500. The number of hydrogen-bond donors (Lipinski definition) is 1. The van der Waals surface area contributed by atoms with Crippen LogP contribution in [-0.2, 0) is 5.54 Å². The first kappa shape index (κ1) is 12.0. The fourth-order valence-corrected chi connectivity index (χ4v) is 2.79. The topological polar surface area (TPSA) is 26.0 Å². The summed E-state index contributed by atoms with van der Waals surface area (Å²) in [4.78, 5) is 0. The normalized spacial score (nSPS) is 19.3. The van der Waals surface area contributed by atoms with E-state index in [9.17, 15) is 8.78 Å². The number of rotatable bonds is 2. The van der Waals surface area contributed by atoms with E-state index < -0.39 is 12.0 Å². The average Bonchev–Trinajstić information content (AvgIpc) is 2.66. The molecule has 1 aromatic carbocycles. The van der Waals surface area contributed by atoms with E-state index in [1.54, 1.807) is 12.1 Å². The first-order valence-electron chi connectivity index (χ1n) is 5.40. The first-order valence-corrected chi connectivity index (χ1v) is 6.19. The maximum atomic E-state index is 12.9. The minimum atomic E-state index is -2.45. The second-order valence-electron chi connectivity index (χ2n) is 4.40. The van der Waals surface area contributed by atoms with Crippen LogP contribution in [0, 0.1) is 0 Å². The largest absolute Gasteiger partial charge is 0.321 e. The summed E-state index contributed by atoms with van der Waals surface area (Å²) < 4.78 is 26.6. The molecule has 4 heteroatoms. The van der Waals surface area contributed by atoms with E-state index in [1.807, 2.05) is 0 Å². The second kappa shape index (κ2) is 4.41. The molecule has 0 amide bonds. The lowest BCUT2D eigenvalue weighted by atomic mass is 9.86.